The van der Waals surface area contributed by atoms with Crippen molar-refractivity contribution in [2.75, 3.05) is 25.4 Å². The number of aryl methyl sites for hydroxylation is 2. The van der Waals surface area contributed by atoms with E-state index in [0.29, 0.717) is 23.0 Å². The Kier molecular flexibility index (Phi) is 11.8. The average molecular weight is 716 g/mol. The summed E-state index contributed by atoms with van der Waals surface area (Å²) in [5.74, 6) is 0.178. The van der Waals surface area contributed by atoms with Crippen LogP contribution in [0.15, 0.2) is 81.5 Å². The van der Waals surface area contributed by atoms with Crippen molar-refractivity contribution in [3.8, 4) is 17.0 Å². The Bertz CT molecular complexity index is 1670. The van der Waals surface area contributed by atoms with E-state index in [0.717, 1.165) is 26.7 Å². The van der Waals surface area contributed by atoms with E-state index in [4.69, 9.17) is 10.5 Å². The summed E-state index contributed by atoms with van der Waals surface area (Å²) in [5, 5.41) is 16.7. The van der Waals surface area contributed by atoms with Crippen molar-refractivity contribution in [3.63, 3.8) is 0 Å². The van der Waals surface area contributed by atoms with Crippen LogP contribution in [0.4, 0.5) is 5.13 Å². The number of hydrogen-bond donors (Lipinski definition) is 3. The fourth-order valence-corrected chi connectivity index (χ4v) is 7.92. The zero-order chi connectivity index (χ0) is 32.7. The molecule has 0 aliphatic carbocycles. The quantitative estimate of drug-likeness (QED) is 0.155. The number of nitrogens with zero attached hydrogens (tertiary/aromatic N) is 2. The van der Waals surface area contributed by atoms with Crippen LogP contribution in [0, 0.1) is 19.8 Å². The molecular weight excluding hydrogens is 676 g/mol. The minimum Gasteiger partial charge on any atom is -0.483 e. The van der Waals surface area contributed by atoms with Gasteiger partial charge in [0.25, 0.3) is 5.91 Å². The number of rotatable bonds is 14. The second-order valence-corrected chi connectivity index (χ2v) is 15.1. The molecule has 4 N–H and O–H groups in total. The average Bonchev–Trinajstić information content (AvgIpc) is 3.42. The normalized spacial score (nSPS) is 13.2. The lowest BCUT2D eigenvalue weighted by molar-refractivity contribution is -0.124. The number of nitrogens with two attached hydrogens (primary N) is 1. The number of thiazole rings is 1. The van der Waals surface area contributed by atoms with Crippen LogP contribution in [0.2, 0.25) is 0 Å². The Balaban J connectivity index is 1.53. The summed E-state index contributed by atoms with van der Waals surface area (Å²) < 4.78 is 35.8. The zero-order valence-electron chi connectivity index (χ0n) is 25.7. The number of halogens is 1. The zero-order valence-corrected chi connectivity index (χ0v) is 29.0. The minimum atomic E-state index is -3.99. The molecule has 45 heavy (non-hydrogen) atoms. The van der Waals surface area contributed by atoms with Gasteiger partial charge in [0.05, 0.1) is 22.7 Å². The molecule has 2 atom stereocenters. The van der Waals surface area contributed by atoms with Crippen molar-refractivity contribution in [3.05, 3.63) is 93.3 Å². The standard InChI is InChI=1S/C33H39BrN4O5S2/c1-21(2)17-38(45(41,42)27-12-10-25(11-13-27)29-20-44-33(35)37-29)18-30(39)28(16-24-8-6-5-7-9-24)36-31(40)19-43-32-22(3)14-26(34)15-23(32)4/h5-15,20-21,28,30,39H,16-19H2,1-4H3,(H2,35,37)(H,36,40)/t28-,30+/m0/s1. The lowest BCUT2D eigenvalue weighted by Gasteiger charge is -2.31. The molecule has 1 amide bonds. The Labute approximate surface area is 277 Å². The number of benzene rings is 3. The molecule has 0 aliphatic heterocycles. The summed E-state index contributed by atoms with van der Waals surface area (Å²) in [7, 11) is -3.99. The van der Waals surface area contributed by atoms with E-state index in [9.17, 15) is 18.3 Å². The van der Waals surface area contributed by atoms with Crippen LogP contribution in [0.25, 0.3) is 11.3 Å². The number of aliphatic hydroxyl groups is 1. The first-order valence-electron chi connectivity index (χ1n) is 14.6. The molecule has 240 valence electrons. The van der Waals surface area contributed by atoms with Crippen LogP contribution >= 0.6 is 27.3 Å². The molecule has 12 heteroatoms. The van der Waals surface area contributed by atoms with Crippen molar-refractivity contribution >= 4 is 48.3 Å². The molecule has 0 saturated carbocycles. The number of aliphatic hydroxyl groups excluding tert-OH is 1. The van der Waals surface area contributed by atoms with Crippen molar-refractivity contribution < 1.29 is 23.1 Å². The van der Waals surface area contributed by atoms with E-state index in [1.165, 1.54) is 27.8 Å². The second kappa shape index (κ2) is 15.3. The van der Waals surface area contributed by atoms with Gasteiger partial charge in [-0.25, -0.2) is 13.4 Å². The monoisotopic (exact) mass is 714 g/mol. The topological polar surface area (TPSA) is 135 Å². The third-order valence-electron chi connectivity index (χ3n) is 7.15. The van der Waals surface area contributed by atoms with Crippen LogP contribution in [0.3, 0.4) is 0 Å². The molecule has 0 fully saturated rings. The van der Waals surface area contributed by atoms with E-state index < -0.39 is 28.1 Å². The van der Waals surface area contributed by atoms with E-state index in [1.54, 1.807) is 12.1 Å². The minimum absolute atomic E-state index is 0.0165. The van der Waals surface area contributed by atoms with Gasteiger partial charge in [0.2, 0.25) is 10.0 Å². The first-order valence-corrected chi connectivity index (χ1v) is 17.7. The lowest BCUT2D eigenvalue weighted by atomic mass is 10.0. The number of carbonyl (C=O) groups excluding carboxylic acids is 1. The first-order chi connectivity index (χ1) is 21.3. The highest BCUT2D eigenvalue weighted by Crippen LogP contribution is 2.28. The number of amides is 1. The van der Waals surface area contributed by atoms with Gasteiger partial charge in [0.1, 0.15) is 5.75 Å². The number of carbonyl (C=O) groups is 1. The smallest absolute Gasteiger partial charge is 0.258 e. The van der Waals surface area contributed by atoms with E-state index in [-0.39, 0.29) is 30.5 Å². The Morgan fingerprint density at radius 1 is 1.07 bits per heavy atom. The van der Waals surface area contributed by atoms with Crippen molar-refractivity contribution in [1.29, 1.82) is 0 Å². The number of hydrogen-bond acceptors (Lipinski definition) is 8. The van der Waals surface area contributed by atoms with Crippen LogP contribution in [0.1, 0.15) is 30.5 Å². The van der Waals surface area contributed by atoms with Gasteiger partial charge in [-0.3, -0.25) is 4.79 Å². The molecule has 0 radical (unpaired) electrons. The number of ether oxygens (including phenoxy) is 1. The molecule has 0 bridgehead atoms. The van der Waals surface area contributed by atoms with E-state index in [2.05, 4.69) is 26.2 Å². The SMILES string of the molecule is Cc1cc(Br)cc(C)c1OCC(=O)N[C@@H](Cc1ccccc1)[C@H](O)CN(CC(C)C)S(=O)(=O)c1ccc(-c2csc(N)n2)cc1. The summed E-state index contributed by atoms with van der Waals surface area (Å²) in [4.78, 5) is 17.5. The fourth-order valence-electron chi connectivity index (χ4n) is 5.04. The van der Waals surface area contributed by atoms with Crippen LogP contribution in [0.5, 0.6) is 5.75 Å². The van der Waals surface area contributed by atoms with Gasteiger partial charge in [-0.15, -0.1) is 11.3 Å². The van der Waals surface area contributed by atoms with Gasteiger partial charge in [-0.05, 0) is 67.1 Å². The summed E-state index contributed by atoms with van der Waals surface area (Å²) >= 11 is 4.78. The number of sulfonamides is 1. The molecule has 4 rings (SSSR count). The molecule has 3 aromatic carbocycles. The van der Waals surface area contributed by atoms with Gasteiger partial charge >= 0.3 is 0 Å². The Hall–Kier alpha value is -3.29. The molecule has 0 spiro atoms. The molecule has 1 heterocycles. The molecule has 1 aromatic heterocycles. The van der Waals surface area contributed by atoms with Gasteiger partial charge in [0, 0.05) is 28.5 Å². The molecule has 4 aromatic rings. The van der Waals surface area contributed by atoms with Crippen molar-refractivity contribution in [1.82, 2.24) is 14.6 Å². The lowest BCUT2D eigenvalue weighted by Crippen LogP contribution is -2.52. The number of aromatic nitrogens is 1. The summed E-state index contributed by atoms with van der Waals surface area (Å²) in [6, 6.07) is 18.9. The maximum Gasteiger partial charge on any atom is 0.258 e. The number of nitrogen functional groups attached to an aromatic ring is 1. The highest BCUT2D eigenvalue weighted by Gasteiger charge is 2.31. The number of anilines is 1. The highest BCUT2D eigenvalue weighted by atomic mass is 79.9. The summed E-state index contributed by atoms with van der Waals surface area (Å²) in [6.45, 7) is 7.34. The molecular formula is C33H39BrN4O5S2. The molecule has 0 unspecified atom stereocenters. The van der Waals surface area contributed by atoms with Gasteiger partial charge in [0.15, 0.2) is 11.7 Å². The molecule has 9 nitrogen and oxygen atoms in total. The Morgan fingerprint density at radius 3 is 2.29 bits per heavy atom. The van der Waals surface area contributed by atoms with E-state index >= 15 is 0 Å². The Morgan fingerprint density at radius 2 is 1.71 bits per heavy atom. The van der Waals surface area contributed by atoms with Gasteiger partial charge in [-0.2, -0.15) is 4.31 Å². The predicted octanol–water partition coefficient (Wildman–Crippen LogP) is 5.59. The van der Waals surface area contributed by atoms with Crippen molar-refractivity contribution in [2.24, 2.45) is 5.92 Å². The van der Waals surface area contributed by atoms with Crippen LogP contribution < -0.4 is 15.8 Å². The first kappa shape index (κ1) is 34.6. The second-order valence-electron chi connectivity index (χ2n) is 11.4. The maximum absolute atomic E-state index is 13.9. The summed E-state index contributed by atoms with van der Waals surface area (Å²) in [6.07, 6.45) is -0.915. The maximum atomic E-state index is 13.9. The largest absolute Gasteiger partial charge is 0.483 e. The van der Waals surface area contributed by atoms with Crippen molar-refractivity contribution in [2.45, 2.75) is 51.2 Å². The molecule has 0 aliphatic rings. The van der Waals surface area contributed by atoms with Gasteiger partial charge in [-0.1, -0.05) is 72.2 Å². The third-order valence-corrected chi connectivity index (χ3v) is 10.1. The van der Waals surface area contributed by atoms with E-state index in [1.807, 2.05) is 75.5 Å². The third kappa shape index (κ3) is 9.36. The summed E-state index contributed by atoms with van der Waals surface area (Å²) in [5.41, 5.74) is 9.83. The van der Waals surface area contributed by atoms with Crippen LogP contribution in [-0.4, -0.2) is 60.6 Å². The van der Waals surface area contributed by atoms with Gasteiger partial charge < -0.3 is 20.9 Å². The predicted molar refractivity (Wildman–Crippen MR) is 183 cm³/mol. The number of nitrogens with one attached hydrogen (secondary N) is 1. The fraction of sp³-hybridized carbons (Fsp3) is 0.333. The molecule has 0 saturated heterocycles. The highest BCUT2D eigenvalue weighted by molar-refractivity contribution is 9.10. The van der Waals surface area contributed by atoms with Crippen LogP contribution in [-0.2, 0) is 21.2 Å².